The van der Waals surface area contributed by atoms with E-state index in [1.165, 1.54) is 4.88 Å². The van der Waals surface area contributed by atoms with E-state index in [2.05, 4.69) is 27.5 Å². The maximum atomic E-state index is 12.0. The monoisotopic (exact) mass is 360 g/mol. The molecular weight excluding hydrogens is 332 g/mol. The molecule has 0 unspecified atom stereocenters. The Balaban J connectivity index is 2.35. The van der Waals surface area contributed by atoms with Crippen molar-refractivity contribution in [2.24, 2.45) is 4.99 Å². The molecule has 1 aromatic heterocycles. The number of nitrogens with zero attached hydrogens (tertiary/aromatic N) is 2. The molecule has 0 aromatic carbocycles. The summed E-state index contributed by atoms with van der Waals surface area (Å²) in [5, 5.41) is 7.32. The molecule has 8 heteroatoms. The number of rotatable bonds is 7. The quantitative estimate of drug-likeness (QED) is 0.570. The molecule has 23 heavy (non-hydrogen) atoms. The van der Waals surface area contributed by atoms with E-state index in [4.69, 9.17) is 0 Å². The summed E-state index contributed by atoms with van der Waals surface area (Å²) in [4.78, 5) is 9.76. The summed E-state index contributed by atoms with van der Waals surface area (Å²) in [5.41, 5.74) is 0. The molecule has 1 aromatic rings. The summed E-state index contributed by atoms with van der Waals surface area (Å²) >= 11 is 1.73. The second-order valence-electron chi connectivity index (χ2n) is 6.18. The zero-order valence-corrected chi connectivity index (χ0v) is 16.3. The average molecular weight is 361 g/mol. The van der Waals surface area contributed by atoms with Crippen molar-refractivity contribution >= 4 is 27.1 Å². The molecule has 1 heterocycles. The van der Waals surface area contributed by atoms with E-state index in [1.54, 1.807) is 39.2 Å². The van der Waals surface area contributed by atoms with E-state index in [1.807, 2.05) is 6.20 Å². The maximum absolute atomic E-state index is 12.0. The smallest absolute Gasteiger partial charge is 0.191 e. The van der Waals surface area contributed by atoms with Gasteiger partial charge in [0.25, 0.3) is 0 Å². The van der Waals surface area contributed by atoms with Crippen LogP contribution in [0.15, 0.2) is 11.2 Å². The Bertz CT molecular complexity index is 616. The third-order valence-corrected chi connectivity index (χ3v) is 7.21. The van der Waals surface area contributed by atoms with Crippen LogP contribution in [0.5, 0.6) is 0 Å². The molecule has 0 fully saturated rings. The molecule has 0 atom stereocenters. The van der Waals surface area contributed by atoms with Gasteiger partial charge in [0.2, 0.25) is 0 Å². The van der Waals surface area contributed by atoms with E-state index in [-0.39, 0.29) is 5.75 Å². The molecule has 6 nitrogen and oxygen atoms in total. The van der Waals surface area contributed by atoms with Gasteiger partial charge in [0.1, 0.15) is 0 Å². The van der Waals surface area contributed by atoms with Crippen molar-refractivity contribution in [3.8, 4) is 0 Å². The molecule has 0 aliphatic carbocycles. The number of nitrogens with one attached hydrogen (secondary N) is 2. The fraction of sp³-hybridized carbons (Fsp3) is 0.733. The topological polar surface area (TPSA) is 83.4 Å². The van der Waals surface area contributed by atoms with Crippen LogP contribution in [0.1, 0.15) is 37.6 Å². The predicted octanol–water partition coefficient (Wildman–Crippen LogP) is 1.63. The number of guanidine groups is 1. The fourth-order valence-corrected chi connectivity index (χ4v) is 3.59. The molecule has 0 aliphatic heterocycles. The van der Waals surface area contributed by atoms with E-state index in [0.29, 0.717) is 19.0 Å². The molecule has 0 bridgehead atoms. The van der Waals surface area contributed by atoms with Crippen molar-refractivity contribution in [3.63, 3.8) is 0 Å². The van der Waals surface area contributed by atoms with E-state index in [9.17, 15) is 8.42 Å². The third kappa shape index (κ3) is 6.47. The standard InChI is InChI=1S/C15H28N4O2S2/c1-6-12-11-19-13(22-12)7-8-17-14(16-5)18-9-10-23(20,21)15(2,3)4/h11H,6-10H2,1-5H3,(H2,16,17,18). The van der Waals surface area contributed by atoms with Crippen LogP contribution in [0.4, 0.5) is 0 Å². The first kappa shape index (κ1) is 19.9. The number of thiazole rings is 1. The van der Waals surface area contributed by atoms with Crippen molar-refractivity contribution in [1.29, 1.82) is 0 Å². The summed E-state index contributed by atoms with van der Waals surface area (Å²) in [5.74, 6) is 0.699. The zero-order valence-electron chi connectivity index (χ0n) is 14.6. The largest absolute Gasteiger partial charge is 0.356 e. The number of hydrogen-bond acceptors (Lipinski definition) is 5. The van der Waals surface area contributed by atoms with Gasteiger partial charge in [-0.15, -0.1) is 11.3 Å². The van der Waals surface area contributed by atoms with E-state index < -0.39 is 14.6 Å². The SMILES string of the molecule is CCc1cnc(CCNC(=NC)NCCS(=O)(=O)C(C)(C)C)s1. The van der Waals surface area contributed by atoms with Gasteiger partial charge in [0.05, 0.1) is 15.5 Å². The lowest BCUT2D eigenvalue weighted by Gasteiger charge is -2.19. The molecule has 0 radical (unpaired) electrons. The lowest BCUT2D eigenvalue weighted by atomic mass is 10.3. The number of aryl methyl sites for hydroxylation is 1. The normalized spacial score (nSPS) is 13.2. The van der Waals surface area contributed by atoms with Crippen molar-refractivity contribution in [2.45, 2.75) is 45.3 Å². The second kappa shape index (κ2) is 8.63. The fourth-order valence-electron chi connectivity index (χ4n) is 1.75. The molecular formula is C15H28N4O2S2. The summed E-state index contributed by atoms with van der Waals surface area (Å²) in [6.07, 6.45) is 3.76. The predicted molar refractivity (Wildman–Crippen MR) is 98.1 cm³/mol. The van der Waals surface area contributed by atoms with Gasteiger partial charge in [0.15, 0.2) is 15.8 Å². The minimum Gasteiger partial charge on any atom is -0.356 e. The Hall–Kier alpha value is -1.15. The van der Waals surface area contributed by atoms with Crippen molar-refractivity contribution in [3.05, 3.63) is 16.1 Å². The molecule has 0 saturated heterocycles. The first-order chi connectivity index (χ1) is 10.7. The Labute approximate surface area is 143 Å². The van der Waals surface area contributed by atoms with Crippen LogP contribution < -0.4 is 10.6 Å². The Morgan fingerprint density at radius 3 is 2.48 bits per heavy atom. The van der Waals surface area contributed by atoms with Crippen LogP contribution in [-0.2, 0) is 22.7 Å². The van der Waals surface area contributed by atoms with E-state index >= 15 is 0 Å². The highest BCUT2D eigenvalue weighted by Crippen LogP contribution is 2.15. The maximum Gasteiger partial charge on any atom is 0.191 e. The molecule has 2 N–H and O–H groups in total. The van der Waals surface area contributed by atoms with Gasteiger partial charge >= 0.3 is 0 Å². The number of sulfone groups is 1. The first-order valence-electron chi connectivity index (χ1n) is 7.80. The summed E-state index contributed by atoms with van der Waals surface area (Å²) < 4.78 is 23.4. The second-order valence-corrected chi connectivity index (χ2v) is 10.2. The van der Waals surface area contributed by atoms with Crippen LogP contribution in [0.2, 0.25) is 0 Å². The highest BCUT2D eigenvalue weighted by Gasteiger charge is 2.28. The van der Waals surface area contributed by atoms with Crippen LogP contribution in [-0.4, -0.2) is 50.0 Å². The zero-order chi connectivity index (χ0) is 17.5. The Kier molecular flexibility index (Phi) is 7.47. The number of aliphatic imine (C=N–C) groups is 1. The van der Waals surface area contributed by atoms with Gasteiger partial charge in [-0.05, 0) is 27.2 Å². The first-order valence-corrected chi connectivity index (χ1v) is 10.3. The highest BCUT2D eigenvalue weighted by atomic mass is 32.2. The van der Waals surface area contributed by atoms with E-state index in [0.717, 1.165) is 17.8 Å². The van der Waals surface area contributed by atoms with Gasteiger partial charge in [-0.25, -0.2) is 13.4 Å². The van der Waals surface area contributed by atoms with Gasteiger partial charge in [-0.2, -0.15) is 0 Å². The Morgan fingerprint density at radius 1 is 1.30 bits per heavy atom. The molecule has 132 valence electrons. The minimum atomic E-state index is -3.12. The van der Waals surface area contributed by atoms with Crippen molar-refractivity contribution in [2.75, 3.05) is 25.9 Å². The summed E-state index contributed by atoms with van der Waals surface area (Å²) in [6.45, 7) is 8.32. The lowest BCUT2D eigenvalue weighted by Crippen LogP contribution is -2.42. The average Bonchev–Trinajstić information content (AvgIpc) is 2.92. The van der Waals surface area contributed by atoms with Crippen molar-refractivity contribution in [1.82, 2.24) is 15.6 Å². The summed E-state index contributed by atoms with van der Waals surface area (Å²) in [7, 11) is -1.45. The van der Waals surface area contributed by atoms with Crippen molar-refractivity contribution < 1.29 is 8.42 Å². The molecule has 0 aliphatic rings. The van der Waals surface area contributed by atoms with Gasteiger partial charge in [-0.1, -0.05) is 6.92 Å². The van der Waals surface area contributed by atoms with Crippen LogP contribution in [0.3, 0.4) is 0 Å². The number of hydrogen-bond donors (Lipinski definition) is 2. The molecule has 0 amide bonds. The summed E-state index contributed by atoms with van der Waals surface area (Å²) in [6, 6.07) is 0. The molecule has 1 rings (SSSR count). The number of aromatic nitrogens is 1. The highest BCUT2D eigenvalue weighted by molar-refractivity contribution is 7.92. The van der Waals surface area contributed by atoms with Crippen LogP contribution in [0.25, 0.3) is 0 Å². The minimum absolute atomic E-state index is 0.0868. The molecule has 0 spiro atoms. The third-order valence-electron chi connectivity index (χ3n) is 3.40. The van der Waals surface area contributed by atoms with Gasteiger partial charge in [0, 0.05) is 37.6 Å². The van der Waals surface area contributed by atoms with Crippen LogP contribution >= 0.6 is 11.3 Å². The Morgan fingerprint density at radius 2 is 1.96 bits per heavy atom. The lowest BCUT2D eigenvalue weighted by molar-refractivity contribution is 0.559. The van der Waals surface area contributed by atoms with Gasteiger partial charge in [-0.3, -0.25) is 4.99 Å². The van der Waals surface area contributed by atoms with Crippen LogP contribution in [0, 0.1) is 0 Å². The van der Waals surface area contributed by atoms with Gasteiger partial charge < -0.3 is 10.6 Å². The molecule has 0 saturated carbocycles.